The highest BCUT2D eigenvalue weighted by atomic mass is 79.9. The summed E-state index contributed by atoms with van der Waals surface area (Å²) in [4.78, 5) is 19.9. The van der Waals surface area contributed by atoms with Crippen molar-refractivity contribution in [1.82, 2.24) is 9.97 Å². The molecule has 0 N–H and O–H groups in total. The van der Waals surface area contributed by atoms with Crippen molar-refractivity contribution in [3.63, 3.8) is 0 Å². The lowest BCUT2D eigenvalue weighted by atomic mass is 10.1. The van der Waals surface area contributed by atoms with Crippen LogP contribution < -0.4 is 9.47 Å². The summed E-state index contributed by atoms with van der Waals surface area (Å²) in [5.41, 5.74) is 2.16. The molecule has 0 unspecified atom stereocenters. The van der Waals surface area contributed by atoms with Gasteiger partial charge >= 0.3 is 5.97 Å². The number of carbonyl (C=O) groups is 1. The van der Waals surface area contributed by atoms with Gasteiger partial charge in [-0.25, -0.2) is 9.78 Å². The Labute approximate surface area is 154 Å². The van der Waals surface area contributed by atoms with E-state index in [9.17, 15) is 4.79 Å². The number of aryl methyl sites for hydroxylation is 1. The topological polar surface area (TPSA) is 79.8 Å². The maximum absolute atomic E-state index is 11.4. The van der Waals surface area contributed by atoms with E-state index in [1.54, 1.807) is 32.5 Å². The Morgan fingerprint density at radius 2 is 1.92 bits per heavy atom. The van der Waals surface area contributed by atoms with Crippen molar-refractivity contribution in [1.29, 1.82) is 0 Å². The number of ether oxygens (including phenoxy) is 4. The summed E-state index contributed by atoms with van der Waals surface area (Å²) < 4.78 is 21.2. The summed E-state index contributed by atoms with van der Waals surface area (Å²) in [7, 11) is 4.45. The predicted octanol–water partition coefficient (Wildman–Crippen LogP) is 2.80. The third-order valence-corrected chi connectivity index (χ3v) is 4.27. The van der Waals surface area contributed by atoms with E-state index in [0.717, 1.165) is 15.7 Å². The van der Waals surface area contributed by atoms with Crippen LogP contribution in [0.5, 0.6) is 11.6 Å². The van der Waals surface area contributed by atoms with E-state index in [1.165, 1.54) is 13.3 Å². The zero-order valence-corrected chi connectivity index (χ0v) is 15.8. The number of hydrogen-bond acceptors (Lipinski definition) is 7. The molecule has 0 spiro atoms. The lowest BCUT2D eigenvalue weighted by molar-refractivity contribution is 0.0500. The smallest absolute Gasteiger partial charge is 0.339 e. The largest absolute Gasteiger partial charge is 0.480 e. The molecule has 8 heteroatoms. The number of esters is 1. The fourth-order valence-electron chi connectivity index (χ4n) is 2.18. The number of nitrogens with zero attached hydrogens (tertiary/aromatic N) is 2. The van der Waals surface area contributed by atoms with E-state index in [2.05, 4.69) is 30.6 Å². The maximum atomic E-state index is 11.4. The zero-order valence-electron chi connectivity index (χ0n) is 14.2. The third kappa shape index (κ3) is 4.90. The Hall–Kier alpha value is -2.19. The molecule has 0 fully saturated rings. The van der Waals surface area contributed by atoms with Gasteiger partial charge in [0.2, 0.25) is 5.88 Å². The molecule has 2 aromatic rings. The third-order valence-electron chi connectivity index (χ3n) is 3.45. The fraction of sp³-hybridized carbons (Fsp3) is 0.353. The number of hydrogen-bond donors (Lipinski definition) is 0. The molecule has 0 saturated heterocycles. The maximum Gasteiger partial charge on any atom is 0.339 e. The molecular weight excluding hydrogens is 392 g/mol. The SMILES string of the molecule is COCOc1cnc(OC)c(Br)c1CCc1ccc(C(=O)OC)cn1. The van der Waals surface area contributed by atoms with E-state index < -0.39 is 5.97 Å². The summed E-state index contributed by atoms with van der Waals surface area (Å²) in [5.74, 6) is 0.686. The Morgan fingerprint density at radius 1 is 1.12 bits per heavy atom. The van der Waals surface area contributed by atoms with Crippen LogP contribution in [0.4, 0.5) is 0 Å². The molecule has 25 heavy (non-hydrogen) atoms. The first-order chi connectivity index (χ1) is 12.1. The first-order valence-electron chi connectivity index (χ1n) is 7.47. The summed E-state index contributed by atoms with van der Waals surface area (Å²) in [6.45, 7) is 0.125. The first-order valence-corrected chi connectivity index (χ1v) is 8.26. The van der Waals surface area contributed by atoms with Gasteiger partial charge in [0.05, 0.1) is 30.5 Å². The Bertz CT molecular complexity index is 722. The number of pyridine rings is 2. The fourth-order valence-corrected chi connectivity index (χ4v) is 2.83. The number of methoxy groups -OCH3 is 3. The molecule has 0 aromatic carbocycles. The van der Waals surface area contributed by atoms with Gasteiger partial charge in [0, 0.05) is 24.6 Å². The highest BCUT2D eigenvalue weighted by molar-refractivity contribution is 9.10. The summed E-state index contributed by atoms with van der Waals surface area (Å²) in [6, 6.07) is 3.49. The van der Waals surface area contributed by atoms with Crippen molar-refractivity contribution in [3.8, 4) is 11.6 Å². The minimum atomic E-state index is -0.407. The molecule has 0 aliphatic rings. The van der Waals surface area contributed by atoms with Crippen LogP contribution in [0.1, 0.15) is 21.6 Å². The molecule has 0 aliphatic carbocycles. The molecule has 0 saturated carbocycles. The molecule has 0 bridgehead atoms. The van der Waals surface area contributed by atoms with Crippen molar-refractivity contribution < 1.29 is 23.7 Å². The van der Waals surface area contributed by atoms with Crippen LogP contribution in [-0.4, -0.2) is 44.1 Å². The molecule has 0 radical (unpaired) electrons. The Balaban J connectivity index is 2.16. The van der Waals surface area contributed by atoms with E-state index in [-0.39, 0.29) is 6.79 Å². The van der Waals surface area contributed by atoms with Gasteiger partial charge < -0.3 is 18.9 Å². The first kappa shape index (κ1) is 19.1. The molecule has 7 nitrogen and oxygen atoms in total. The Morgan fingerprint density at radius 3 is 2.52 bits per heavy atom. The molecule has 2 heterocycles. The monoisotopic (exact) mass is 410 g/mol. The van der Waals surface area contributed by atoms with Gasteiger partial charge in [0.1, 0.15) is 5.75 Å². The van der Waals surface area contributed by atoms with Gasteiger partial charge in [-0.05, 0) is 40.9 Å². The summed E-state index contributed by atoms with van der Waals surface area (Å²) in [5, 5.41) is 0. The second kappa shape index (κ2) is 9.33. The number of halogens is 1. The molecule has 134 valence electrons. The van der Waals surface area contributed by atoms with Crippen LogP contribution in [0.15, 0.2) is 29.0 Å². The normalized spacial score (nSPS) is 10.4. The molecule has 0 atom stereocenters. The van der Waals surface area contributed by atoms with Crippen molar-refractivity contribution in [2.24, 2.45) is 0 Å². The van der Waals surface area contributed by atoms with Crippen LogP contribution in [-0.2, 0) is 22.3 Å². The molecule has 0 aliphatic heterocycles. The average Bonchev–Trinajstić information content (AvgIpc) is 2.65. The second-order valence-corrected chi connectivity index (χ2v) is 5.80. The van der Waals surface area contributed by atoms with Crippen molar-refractivity contribution in [2.75, 3.05) is 28.1 Å². The van der Waals surface area contributed by atoms with Crippen molar-refractivity contribution in [3.05, 3.63) is 45.8 Å². The van der Waals surface area contributed by atoms with Crippen LogP contribution in [0, 0.1) is 0 Å². The number of aromatic nitrogens is 2. The standard InChI is InChI=1S/C17H19BrN2O5/c1-22-10-25-14-9-20-16(23-2)15(18)13(14)7-6-12-5-4-11(8-19-12)17(21)24-3/h4-5,8-9H,6-7,10H2,1-3H3. The van der Waals surface area contributed by atoms with Gasteiger partial charge in [0.25, 0.3) is 0 Å². The van der Waals surface area contributed by atoms with Gasteiger partial charge in [-0.1, -0.05) is 0 Å². The molecular formula is C17H19BrN2O5. The van der Waals surface area contributed by atoms with Gasteiger partial charge in [-0.2, -0.15) is 0 Å². The van der Waals surface area contributed by atoms with Crippen molar-refractivity contribution >= 4 is 21.9 Å². The van der Waals surface area contributed by atoms with E-state index in [1.807, 2.05) is 0 Å². The van der Waals surface area contributed by atoms with Gasteiger partial charge in [-0.3, -0.25) is 4.98 Å². The van der Waals surface area contributed by atoms with Gasteiger partial charge in [0.15, 0.2) is 6.79 Å². The van der Waals surface area contributed by atoms with E-state index >= 15 is 0 Å². The molecule has 2 aromatic heterocycles. The van der Waals surface area contributed by atoms with Crippen LogP contribution >= 0.6 is 15.9 Å². The quantitative estimate of drug-likeness (QED) is 0.488. The minimum absolute atomic E-state index is 0.125. The molecule has 2 rings (SSSR count). The molecule has 0 amide bonds. The number of carbonyl (C=O) groups excluding carboxylic acids is 1. The number of rotatable bonds is 8. The van der Waals surface area contributed by atoms with E-state index in [4.69, 9.17) is 14.2 Å². The van der Waals surface area contributed by atoms with Crippen LogP contribution in [0.25, 0.3) is 0 Å². The summed E-state index contributed by atoms with van der Waals surface area (Å²) >= 11 is 3.51. The highest BCUT2D eigenvalue weighted by Crippen LogP contribution is 2.34. The predicted molar refractivity (Wildman–Crippen MR) is 94.0 cm³/mol. The van der Waals surface area contributed by atoms with E-state index in [0.29, 0.717) is 30.0 Å². The average molecular weight is 411 g/mol. The van der Waals surface area contributed by atoms with Crippen LogP contribution in [0.3, 0.4) is 0 Å². The summed E-state index contributed by atoms with van der Waals surface area (Å²) in [6.07, 6.45) is 4.40. The van der Waals surface area contributed by atoms with Crippen LogP contribution in [0.2, 0.25) is 0 Å². The zero-order chi connectivity index (χ0) is 18.2. The second-order valence-electron chi connectivity index (χ2n) is 5.00. The lowest BCUT2D eigenvalue weighted by Gasteiger charge is -2.14. The highest BCUT2D eigenvalue weighted by Gasteiger charge is 2.15. The lowest BCUT2D eigenvalue weighted by Crippen LogP contribution is -2.06. The Kier molecular flexibility index (Phi) is 7.15. The minimum Gasteiger partial charge on any atom is -0.480 e. The van der Waals surface area contributed by atoms with Gasteiger partial charge in [-0.15, -0.1) is 0 Å². The van der Waals surface area contributed by atoms with Crippen molar-refractivity contribution in [2.45, 2.75) is 12.8 Å².